The summed E-state index contributed by atoms with van der Waals surface area (Å²) in [5, 5.41) is 12.9. The van der Waals surface area contributed by atoms with Crippen LogP contribution < -0.4 is 0 Å². The van der Waals surface area contributed by atoms with Crippen molar-refractivity contribution in [2.75, 3.05) is 7.05 Å². The Hall–Kier alpha value is -2.21. The zero-order valence-electron chi connectivity index (χ0n) is 13.9. The summed E-state index contributed by atoms with van der Waals surface area (Å²) in [6, 6.07) is 4.39. The topological polar surface area (TPSA) is 71.2 Å². The Morgan fingerprint density at radius 1 is 1.48 bits per heavy atom. The molecule has 0 spiro atoms. The van der Waals surface area contributed by atoms with E-state index in [1.807, 2.05) is 18.5 Å². The molecule has 0 aromatic carbocycles. The molecule has 0 radical (unpaired) electrons. The predicted octanol–water partition coefficient (Wildman–Crippen LogP) is 2.12. The van der Waals surface area contributed by atoms with Gasteiger partial charge in [-0.1, -0.05) is 6.07 Å². The van der Waals surface area contributed by atoms with Crippen LogP contribution in [0.4, 0.5) is 0 Å². The molecule has 23 heavy (non-hydrogen) atoms. The Kier molecular flexibility index (Phi) is 5.87. The molecule has 0 fully saturated rings. The molecule has 124 valence electrons. The highest BCUT2D eigenvalue weighted by atomic mass is 16.4. The summed E-state index contributed by atoms with van der Waals surface area (Å²) in [5.41, 5.74) is 3.43. The third-order valence-corrected chi connectivity index (χ3v) is 4.03. The van der Waals surface area contributed by atoms with Gasteiger partial charge in [0.1, 0.15) is 0 Å². The number of carbonyl (C=O) groups is 1. The maximum atomic E-state index is 10.6. The van der Waals surface area contributed by atoms with Crippen LogP contribution in [0, 0.1) is 6.92 Å². The minimum Gasteiger partial charge on any atom is -0.481 e. The molecular weight excluding hydrogens is 292 g/mol. The third kappa shape index (κ3) is 5.17. The number of rotatable bonds is 8. The predicted molar refractivity (Wildman–Crippen MR) is 88.1 cm³/mol. The molecule has 6 nitrogen and oxygen atoms in total. The number of aliphatic carboxylic acids is 1. The molecule has 1 atom stereocenters. The number of nitrogens with zero attached hydrogens (tertiary/aromatic N) is 4. The number of aromatic nitrogens is 3. The lowest BCUT2D eigenvalue weighted by molar-refractivity contribution is -0.137. The highest BCUT2D eigenvalue weighted by Crippen LogP contribution is 2.12. The van der Waals surface area contributed by atoms with Crippen LogP contribution in [-0.2, 0) is 24.3 Å². The molecule has 1 N–H and O–H groups in total. The van der Waals surface area contributed by atoms with E-state index in [2.05, 4.69) is 41.9 Å². The van der Waals surface area contributed by atoms with Crippen molar-refractivity contribution >= 4 is 5.97 Å². The van der Waals surface area contributed by atoms with Crippen molar-refractivity contribution < 1.29 is 9.90 Å². The lowest BCUT2D eigenvalue weighted by atomic mass is 10.1. The minimum absolute atomic E-state index is 0.0896. The highest BCUT2D eigenvalue weighted by molar-refractivity contribution is 5.66. The van der Waals surface area contributed by atoms with Gasteiger partial charge in [0.05, 0.1) is 19.2 Å². The van der Waals surface area contributed by atoms with Crippen molar-refractivity contribution in [3.05, 3.63) is 47.5 Å². The second-order valence-corrected chi connectivity index (χ2v) is 5.99. The summed E-state index contributed by atoms with van der Waals surface area (Å²) < 4.78 is 1.69. The molecule has 2 aromatic heterocycles. The summed E-state index contributed by atoms with van der Waals surface area (Å²) in [6.07, 6.45) is 6.54. The first-order chi connectivity index (χ1) is 11.0. The molecule has 2 aromatic rings. The van der Waals surface area contributed by atoms with Gasteiger partial charge in [-0.2, -0.15) is 5.10 Å². The van der Waals surface area contributed by atoms with Gasteiger partial charge in [-0.25, -0.2) is 0 Å². The maximum absolute atomic E-state index is 10.6. The second kappa shape index (κ2) is 7.87. The van der Waals surface area contributed by atoms with Gasteiger partial charge in [-0.05, 0) is 32.5 Å². The minimum atomic E-state index is -0.807. The molecule has 0 aliphatic rings. The van der Waals surface area contributed by atoms with E-state index in [9.17, 15) is 4.79 Å². The van der Waals surface area contributed by atoms with E-state index in [0.29, 0.717) is 12.6 Å². The standard InChI is InChI=1S/C17H24N4O2/c1-13-5-4-7-18-16(13)9-14(2)20(3)11-15-10-19-21(12-15)8-6-17(22)23/h4-5,7,10,12,14H,6,8-9,11H2,1-3H3,(H,22,23)/t14-/m0/s1. The number of aryl methyl sites for hydroxylation is 2. The molecule has 6 heteroatoms. The lowest BCUT2D eigenvalue weighted by Crippen LogP contribution is -2.30. The van der Waals surface area contributed by atoms with Crippen LogP contribution in [0.3, 0.4) is 0 Å². The molecule has 0 saturated heterocycles. The lowest BCUT2D eigenvalue weighted by Gasteiger charge is -2.24. The summed E-state index contributed by atoms with van der Waals surface area (Å²) >= 11 is 0. The summed E-state index contributed by atoms with van der Waals surface area (Å²) in [7, 11) is 2.08. The number of hydrogen-bond donors (Lipinski definition) is 1. The van der Waals surface area contributed by atoms with Crippen molar-refractivity contribution in [1.82, 2.24) is 19.7 Å². The normalized spacial score (nSPS) is 12.5. The van der Waals surface area contributed by atoms with Crippen LogP contribution >= 0.6 is 0 Å². The van der Waals surface area contributed by atoms with Crippen LogP contribution in [-0.4, -0.2) is 43.8 Å². The van der Waals surface area contributed by atoms with Gasteiger partial charge in [-0.15, -0.1) is 0 Å². The van der Waals surface area contributed by atoms with Crippen LogP contribution in [0.5, 0.6) is 0 Å². The first-order valence-corrected chi connectivity index (χ1v) is 7.79. The molecular formula is C17H24N4O2. The quantitative estimate of drug-likeness (QED) is 0.808. The fourth-order valence-electron chi connectivity index (χ4n) is 2.43. The zero-order valence-corrected chi connectivity index (χ0v) is 13.9. The van der Waals surface area contributed by atoms with Crippen LogP contribution in [0.15, 0.2) is 30.7 Å². The van der Waals surface area contributed by atoms with E-state index in [1.165, 1.54) is 5.56 Å². The van der Waals surface area contributed by atoms with Crippen molar-refractivity contribution in [2.45, 2.75) is 45.8 Å². The van der Waals surface area contributed by atoms with E-state index in [-0.39, 0.29) is 6.42 Å². The van der Waals surface area contributed by atoms with Gasteiger partial charge in [0, 0.05) is 42.7 Å². The van der Waals surface area contributed by atoms with Crippen molar-refractivity contribution in [3.63, 3.8) is 0 Å². The number of carboxylic acid groups (broad SMARTS) is 1. The molecule has 0 aliphatic carbocycles. The summed E-state index contributed by atoms with van der Waals surface area (Å²) in [6.45, 7) is 5.45. The van der Waals surface area contributed by atoms with Gasteiger partial charge < -0.3 is 5.11 Å². The van der Waals surface area contributed by atoms with Crippen LogP contribution in [0.25, 0.3) is 0 Å². The number of hydrogen-bond acceptors (Lipinski definition) is 4. The summed E-state index contributed by atoms with van der Waals surface area (Å²) in [4.78, 5) is 17.3. The number of carboxylic acids is 1. The Bertz CT molecular complexity index is 654. The number of pyridine rings is 1. The average molecular weight is 316 g/mol. The Labute approximate surface area is 136 Å². The zero-order chi connectivity index (χ0) is 16.8. The van der Waals surface area contributed by atoms with Crippen molar-refractivity contribution in [1.29, 1.82) is 0 Å². The van der Waals surface area contributed by atoms with Crippen LogP contribution in [0.1, 0.15) is 30.2 Å². The second-order valence-electron chi connectivity index (χ2n) is 5.99. The third-order valence-electron chi connectivity index (χ3n) is 4.03. The first kappa shape index (κ1) is 17.1. The smallest absolute Gasteiger partial charge is 0.305 e. The van der Waals surface area contributed by atoms with E-state index in [1.54, 1.807) is 10.9 Å². The van der Waals surface area contributed by atoms with Gasteiger partial charge >= 0.3 is 5.97 Å². The maximum Gasteiger partial charge on any atom is 0.305 e. The van der Waals surface area contributed by atoms with Gasteiger partial charge in [-0.3, -0.25) is 19.4 Å². The first-order valence-electron chi connectivity index (χ1n) is 7.79. The Morgan fingerprint density at radius 2 is 2.26 bits per heavy atom. The SMILES string of the molecule is Cc1cccnc1C[C@H](C)N(C)Cc1cnn(CCC(=O)O)c1. The molecule has 2 heterocycles. The molecule has 0 amide bonds. The van der Waals surface area contributed by atoms with Crippen molar-refractivity contribution in [3.8, 4) is 0 Å². The average Bonchev–Trinajstić information content (AvgIpc) is 2.95. The van der Waals surface area contributed by atoms with Crippen molar-refractivity contribution in [2.24, 2.45) is 0 Å². The van der Waals surface area contributed by atoms with Crippen LogP contribution in [0.2, 0.25) is 0 Å². The monoisotopic (exact) mass is 316 g/mol. The fourth-order valence-corrected chi connectivity index (χ4v) is 2.43. The largest absolute Gasteiger partial charge is 0.481 e. The van der Waals surface area contributed by atoms with E-state index in [0.717, 1.165) is 24.2 Å². The summed E-state index contributed by atoms with van der Waals surface area (Å²) in [5.74, 6) is -0.807. The highest BCUT2D eigenvalue weighted by Gasteiger charge is 2.13. The Balaban J connectivity index is 1.89. The van der Waals surface area contributed by atoms with E-state index < -0.39 is 5.97 Å². The van der Waals surface area contributed by atoms with Gasteiger partial charge in [0.2, 0.25) is 0 Å². The molecule has 0 unspecified atom stereocenters. The van der Waals surface area contributed by atoms with E-state index >= 15 is 0 Å². The Morgan fingerprint density at radius 3 is 2.96 bits per heavy atom. The van der Waals surface area contributed by atoms with E-state index in [4.69, 9.17) is 5.11 Å². The van der Waals surface area contributed by atoms with Gasteiger partial charge in [0.15, 0.2) is 0 Å². The van der Waals surface area contributed by atoms with Gasteiger partial charge in [0.25, 0.3) is 0 Å². The molecule has 0 saturated carbocycles. The fraction of sp³-hybridized carbons (Fsp3) is 0.471. The number of likely N-dealkylation sites (N-methyl/N-ethyl adjacent to an activating group) is 1. The molecule has 0 aliphatic heterocycles. The molecule has 2 rings (SSSR count). The molecule has 0 bridgehead atoms.